The van der Waals surface area contributed by atoms with Gasteiger partial charge >= 0.3 is 6.09 Å². The van der Waals surface area contributed by atoms with Crippen molar-refractivity contribution in [2.45, 2.75) is 24.2 Å². The van der Waals surface area contributed by atoms with Crippen molar-refractivity contribution in [2.24, 2.45) is 23.7 Å². The molecule has 47 heavy (non-hydrogen) atoms. The fourth-order valence-corrected chi connectivity index (χ4v) is 9.12. The highest BCUT2D eigenvalue weighted by Gasteiger charge is 2.70. The van der Waals surface area contributed by atoms with Crippen molar-refractivity contribution in [2.75, 3.05) is 19.1 Å². The number of rotatable bonds is 4. The van der Waals surface area contributed by atoms with Gasteiger partial charge in [0.05, 0.1) is 46.6 Å². The van der Waals surface area contributed by atoms with Crippen LogP contribution in [-0.4, -0.2) is 53.9 Å². The van der Waals surface area contributed by atoms with Crippen LogP contribution < -0.4 is 9.64 Å². The van der Waals surface area contributed by atoms with Crippen LogP contribution >= 0.6 is 34.2 Å². The summed E-state index contributed by atoms with van der Waals surface area (Å²) in [5.41, 5.74) is 0.716. The van der Waals surface area contributed by atoms with E-state index in [2.05, 4.69) is 0 Å². The molecule has 2 aliphatic carbocycles. The number of benzene rings is 3. The maximum Gasteiger partial charge on any atom is 0.423 e. The Bertz CT molecular complexity index is 1910. The number of aromatic hydroxyl groups is 1. The first-order chi connectivity index (χ1) is 22.6. The zero-order valence-corrected chi connectivity index (χ0v) is 28.1. The third-order valence-corrected chi connectivity index (χ3v) is 11.2. The van der Waals surface area contributed by atoms with E-state index < -0.39 is 64.7 Å². The molecule has 0 spiro atoms. The largest absolute Gasteiger partial charge is 0.504 e. The van der Waals surface area contributed by atoms with Crippen LogP contribution in [0.3, 0.4) is 0 Å². The van der Waals surface area contributed by atoms with Gasteiger partial charge in [0.2, 0.25) is 23.6 Å². The second-order valence-corrected chi connectivity index (χ2v) is 13.7. The number of hydrogen-bond donors (Lipinski definition) is 1. The molecule has 10 nitrogen and oxygen atoms in total. The number of anilines is 1. The van der Waals surface area contributed by atoms with Crippen molar-refractivity contribution >= 4 is 69.6 Å². The quantitative estimate of drug-likeness (QED) is 0.207. The molecule has 3 aromatic rings. The minimum absolute atomic E-state index is 0.0698. The van der Waals surface area contributed by atoms with Gasteiger partial charge in [0, 0.05) is 10.9 Å². The molecule has 2 saturated heterocycles. The van der Waals surface area contributed by atoms with E-state index >= 15 is 4.79 Å². The SMILES string of the molecule is COC(=O)N1C(=O)C2CC=C3C(CC4C(=O)N(c5cccc(Cl)c5)C(=O)C4(c4ccccc4)C3c3cc(I)c(O)c(OC)c3)C2C1=O. The van der Waals surface area contributed by atoms with Gasteiger partial charge in [0.25, 0.3) is 0 Å². The maximum absolute atomic E-state index is 15.2. The molecule has 0 bridgehead atoms. The van der Waals surface area contributed by atoms with E-state index in [1.807, 2.05) is 59.0 Å². The zero-order chi connectivity index (χ0) is 33.4. The Hall–Kier alpha value is -4.23. The first-order valence-corrected chi connectivity index (χ1v) is 16.4. The van der Waals surface area contributed by atoms with E-state index in [0.29, 0.717) is 35.9 Å². The molecule has 0 aromatic heterocycles. The summed E-state index contributed by atoms with van der Waals surface area (Å²) in [5, 5.41) is 11.1. The number of carbonyl (C=O) groups is 5. The highest BCUT2D eigenvalue weighted by atomic mass is 127. The number of phenols is 1. The molecule has 4 aliphatic rings. The van der Waals surface area contributed by atoms with Gasteiger partial charge < -0.3 is 14.6 Å². The van der Waals surface area contributed by atoms with E-state index in [4.69, 9.17) is 21.1 Å². The van der Waals surface area contributed by atoms with Crippen LogP contribution in [0.4, 0.5) is 10.5 Å². The van der Waals surface area contributed by atoms with Gasteiger partial charge in [-0.1, -0.05) is 59.6 Å². The molecule has 240 valence electrons. The number of carbonyl (C=O) groups excluding carboxylic acids is 5. The minimum Gasteiger partial charge on any atom is -0.504 e. The second kappa shape index (κ2) is 11.5. The average Bonchev–Trinajstić information content (AvgIpc) is 3.46. The van der Waals surface area contributed by atoms with Gasteiger partial charge in [0.1, 0.15) is 0 Å². The van der Waals surface area contributed by atoms with Crippen molar-refractivity contribution in [1.29, 1.82) is 0 Å². The Labute approximate surface area is 288 Å². The Balaban J connectivity index is 1.52. The van der Waals surface area contributed by atoms with E-state index in [1.165, 1.54) is 12.0 Å². The van der Waals surface area contributed by atoms with Crippen LogP contribution in [0.5, 0.6) is 11.5 Å². The molecular weight excluding hydrogens is 739 g/mol. The van der Waals surface area contributed by atoms with Gasteiger partial charge in [-0.15, -0.1) is 0 Å². The van der Waals surface area contributed by atoms with E-state index in [0.717, 1.165) is 7.11 Å². The van der Waals surface area contributed by atoms with Crippen molar-refractivity contribution in [3.05, 3.63) is 98.1 Å². The van der Waals surface area contributed by atoms with Gasteiger partial charge in [-0.3, -0.25) is 19.2 Å². The Morgan fingerprint density at radius 1 is 0.957 bits per heavy atom. The highest BCUT2D eigenvalue weighted by molar-refractivity contribution is 14.1. The number of imide groups is 4. The number of phenolic OH excluding ortho intramolecular Hbond substituents is 1. The van der Waals surface area contributed by atoms with Crippen molar-refractivity contribution in [3.8, 4) is 11.5 Å². The summed E-state index contributed by atoms with van der Waals surface area (Å²) < 4.78 is 10.8. The maximum atomic E-state index is 15.2. The normalized spacial score (nSPS) is 28.1. The fourth-order valence-electron chi connectivity index (χ4n) is 8.31. The molecule has 1 N–H and O–H groups in total. The zero-order valence-electron chi connectivity index (χ0n) is 25.2. The molecule has 12 heteroatoms. The number of methoxy groups -OCH3 is 2. The van der Waals surface area contributed by atoms with Gasteiger partial charge in [0.15, 0.2) is 11.5 Å². The summed E-state index contributed by atoms with van der Waals surface area (Å²) >= 11 is 8.34. The number of fused-ring (bicyclic) bond motifs is 4. The van der Waals surface area contributed by atoms with Crippen molar-refractivity contribution < 1.29 is 38.6 Å². The number of amides is 5. The standard InChI is InChI=1S/C35H28ClIN2O8/c1-46-26-14-17(13-25(37)29(26)40)28-21-11-12-22-27(32(43)39(30(22)41)34(45)47-2)23(21)16-24-31(42)38(20-10-6-9-19(36)15-20)33(44)35(24,28)18-7-4-3-5-8-18/h3-11,13-15,22-24,27-28,40H,12,16H2,1-2H3. The van der Waals surface area contributed by atoms with Crippen molar-refractivity contribution in [3.63, 3.8) is 0 Å². The highest BCUT2D eigenvalue weighted by Crippen LogP contribution is 2.65. The van der Waals surface area contributed by atoms with Crippen LogP contribution in [0, 0.1) is 27.2 Å². The molecular formula is C35H28ClIN2O8. The summed E-state index contributed by atoms with van der Waals surface area (Å²) in [6.45, 7) is 0. The molecule has 3 fully saturated rings. The third kappa shape index (κ3) is 4.38. The van der Waals surface area contributed by atoms with E-state index in [9.17, 15) is 24.3 Å². The molecule has 3 aromatic carbocycles. The van der Waals surface area contributed by atoms with E-state index in [-0.39, 0.29) is 24.3 Å². The van der Waals surface area contributed by atoms with Crippen molar-refractivity contribution in [1.82, 2.24) is 4.90 Å². The van der Waals surface area contributed by atoms with Crippen LogP contribution in [0.15, 0.2) is 78.4 Å². The van der Waals surface area contributed by atoms with E-state index in [1.54, 1.807) is 36.4 Å². The lowest BCUT2D eigenvalue weighted by Gasteiger charge is -2.50. The molecule has 5 amide bonds. The lowest BCUT2D eigenvalue weighted by Crippen LogP contribution is -2.53. The molecule has 2 aliphatic heterocycles. The fraction of sp³-hybridized carbons (Fsp3) is 0.286. The molecule has 6 atom stereocenters. The molecule has 2 heterocycles. The number of ether oxygens (including phenoxy) is 2. The first kappa shape index (κ1) is 31.4. The molecule has 6 unspecified atom stereocenters. The summed E-state index contributed by atoms with van der Waals surface area (Å²) in [6.07, 6.45) is 1.04. The van der Waals surface area contributed by atoms with Crippen LogP contribution in [0.25, 0.3) is 0 Å². The molecule has 1 saturated carbocycles. The first-order valence-electron chi connectivity index (χ1n) is 15.0. The van der Waals surface area contributed by atoms with Crippen LogP contribution in [0.1, 0.15) is 29.9 Å². The van der Waals surface area contributed by atoms with Gasteiger partial charge in [-0.2, -0.15) is 4.90 Å². The summed E-state index contributed by atoms with van der Waals surface area (Å²) in [6, 6.07) is 19.0. The topological polar surface area (TPSA) is 131 Å². The van der Waals surface area contributed by atoms with Gasteiger partial charge in [-0.05, 0) is 82.8 Å². The van der Waals surface area contributed by atoms with Crippen LogP contribution in [-0.2, 0) is 29.3 Å². The monoisotopic (exact) mass is 766 g/mol. The van der Waals surface area contributed by atoms with Crippen LogP contribution in [0.2, 0.25) is 5.02 Å². The summed E-state index contributed by atoms with van der Waals surface area (Å²) in [4.78, 5) is 71.6. The lowest BCUT2D eigenvalue weighted by atomic mass is 9.49. The predicted octanol–water partition coefficient (Wildman–Crippen LogP) is 5.59. The minimum atomic E-state index is -1.49. The average molecular weight is 767 g/mol. The number of halogens is 2. The second-order valence-electron chi connectivity index (χ2n) is 12.1. The van der Waals surface area contributed by atoms with Gasteiger partial charge in [-0.25, -0.2) is 9.69 Å². The number of likely N-dealkylation sites (tertiary alicyclic amines) is 1. The Morgan fingerprint density at radius 2 is 1.70 bits per heavy atom. The Morgan fingerprint density at radius 3 is 2.38 bits per heavy atom. The Kier molecular flexibility index (Phi) is 7.66. The smallest absolute Gasteiger partial charge is 0.423 e. The number of hydrogen-bond acceptors (Lipinski definition) is 8. The number of allylic oxidation sites excluding steroid dienone is 2. The summed E-state index contributed by atoms with van der Waals surface area (Å²) in [7, 11) is 2.53. The molecule has 7 rings (SSSR count). The molecule has 0 radical (unpaired) electrons. The predicted molar refractivity (Wildman–Crippen MR) is 178 cm³/mol. The third-order valence-electron chi connectivity index (χ3n) is 10.1. The summed E-state index contributed by atoms with van der Waals surface area (Å²) in [5.74, 6) is -6.40. The lowest BCUT2D eigenvalue weighted by molar-refractivity contribution is -0.138. The number of nitrogens with zero attached hydrogens (tertiary/aromatic N) is 2.